The summed E-state index contributed by atoms with van der Waals surface area (Å²) >= 11 is 0. The maximum atomic E-state index is 14.4. The van der Waals surface area contributed by atoms with Gasteiger partial charge in [0.05, 0.1) is 17.8 Å². The molecule has 0 saturated heterocycles. The summed E-state index contributed by atoms with van der Waals surface area (Å²) in [5.41, 5.74) is -5.89. The third-order valence-corrected chi connectivity index (χ3v) is 9.67. The minimum Gasteiger partial charge on any atom is -0.458 e. The van der Waals surface area contributed by atoms with E-state index in [9.17, 15) is 39.0 Å². The van der Waals surface area contributed by atoms with Gasteiger partial charge in [0.2, 0.25) is 0 Å². The number of esters is 5. The summed E-state index contributed by atoms with van der Waals surface area (Å²) < 4.78 is 28.9. The van der Waals surface area contributed by atoms with Gasteiger partial charge < -0.3 is 33.9 Å². The van der Waals surface area contributed by atoms with E-state index in [0.29, 0.717) is 12.8 Å². The second kappa shape index (κ2) is 16.0. The van der Waals surface area contributed by atoms with E-state index in [0.717, 1.165) is 20.8 Å². The fourth-order valence-electron chi connectivity index (χ4n) is 6.41. The molecule has 0 aromatic carbocycles. The predicted molar refractivity (Wildman–Crippen MR) is 175 cm³/mol. The van der Waals surface area contributed by atoms with Gasteiger partial charge in [0.25, 0.3) is 0 Å². The third-order valence-electron chi connectivity index (χ3n) is 9.67. The van der Waals surface area contributed by atoms with Crippen molar-refractivity contribution in [2.24, 2.45) is 29.1 Å². The number of hydrogen-bond donors (Lipinski definition) is 2. The Bertz CT molecular complexity index is 1330. The van der Waals surface area contributed by atoms with Crippen LogP contribution in [-0.4, -0.2) is 87.6 Å². The second-order valence-corrected chi connectivity index (χ2v) is 14.3. The van der Waals surface area contributed by atoms with Gasteiger partial charge in [-0.25, -0.2) is 0 Å². The van der Waals surface area contributed by atoms with Gasteiger partial charge in [0.15, 0.2) is 24.1 Å². The molecule has 0 spiro atoms. The van der Waals surface area contributed by atoms with E-state index in [1.165, 1.54) is 19.9 Å². The largest absolute Gasteiger partial charge is 0.458 e. The van der Waals surface area contributed by atoms with Crippen LogP contribution in [0.15, 0.2) is 24.3 Å². The monoisotopic (exact) mass is 694 g/mol. The predicted octanol–water partition coefficient (Wildman–Crippen LogP) is 3.56. The van der Waals surface area contributed by atoms with Gasteiger partial charge in [-0.2, -0.15) is 0 Å². The van der Waals surface area contributed by atoms with Crippen molar-refractivity contribution in [2.75, 3.05) is 0 Å². The number of Topliss-reactive ketones (excluding diaryl/α,β-unsaturated/α-hetero) is 1. The molecule has 1 fully saturated rings. The lowest BCUT2D eigenvalue weighted by atomic mass is 9.72. The second-order valence-electron chi connectivity index (χ2n) is 14.3. The van der Waals surface area contributed by atoms with Crippen molar-refractivity contribution < 1.29 is 62.7 Å². The molecule has 13 nitrogen and oxygen atoms in total. The first-order chi connectivity index (χ1) is 22.5. The molecule has 2 rings (SSSR count). The first-order valence-corrected chi connectivity index (χ1v) is 16.7. The van der Waals surface area contributed by atoms with Crippen molar-refractivity contribution in [3.05, 3.63) is 24.3 Å². The molecule has 2 unspecified atom stereocenters. The number of rotatable bonds is 9. The molecule has 0 bridgehead atoms. The Kier molecular flexibility index (Phi) is 13.6. The molecule has 2 N–H and O–H groups in total. The van der Waals surface area contributed by atoms with Gasteiger partial charge >= 0.3 is 29.8 Å². The van der Waals surface area contributed by atoms with Crippen molar-refractivity contribution >= 4 is 35.6 Å². The molecule has 0 aromatic rings. The highest BCUT2D eigenvalue weighted by atomic mass is 16.6. The standard InChI is InChI=1S/C36H54O13/c1-13-18(3)32(42)48-26-21(6)27(45-22(7)37)28(46-23(8)38)31(47-24(9)39)34(10,11)16-15-20(5)29(40)36(44)17-35(12,30(41)25(26)36)49-33(43)19(4)14-2/h15-16,18-20,25-28,30-31,41,44H,6,13-14,17H2,1-5,7-12H3/b16-15+/t18?,19?,20-,25-,26-,27-,28+,30+,31+,35+,36+/m0/s1. The highest BCUT2D eigenvalue weighted by Crippen LogP contribution is 2.51. The first kappa shape index (κ1) is 41.6. The number of aliphatic hydroxyl groups excluding tert-OH is 1. The van der Waals surface area contributed by atoms with Crippen molar-refractivity contribution in [2.45, 2.75) is 137 Å². The Morgan fingerprint density at radius 1 is 0.878 bits per heavy atom. The molecule has 1 saturated carbocycles. The van der Waals surface area contributed by atoms with E-state index in [-0.39, 0.29) is 5.57 Å². The zero-order valence-corrected chi connectivity index (χ0v) is 30.6. The average Bonchev–Trinajstić information content (AvgIpc) is 3.20. The van der Waals surface area contributed by atoms with Gasteiger partial charge in [-0.3, -0.25) is 28.8 Å². The van der Waals surface area contributed by atoms with E-state index in [1.807, 2.05) is 0 Å². The topological polar surface area (TPSA) is 189 Å². The molecule has 0 radical (unpaired) electrons. The Balaban J connectivity index is 3.08. The van der Waals surface area contributed by atoms with E-state index in [2.05, 4.69) is 6.58 Å². The van der Waals surface area contributed by atoms with Gasteiger partial charge in [0.1, 0.15) is 23.4 Å². The molecular weight excluding hydrogens is 640 g/mol. The smallest absolute Gasteiger partial charge is 0.309 e. The average molecular weight is 695 g/mol. The molecule has 0 heterocycles. The zero-order chi connectivity index (χ0) is 37.8. The van der Waals surface area contributed by atoms with E-state index in [1.54, 1.807) is 47.6 Å². The highest BCUT2D eigenvalue weighted by Gasteiger charge is 2.68. The van der Waals surface area contributed by atoms with Crippen LogP contribution in [0.4, 0.5) is 0 Å². The normalized spacial score (nSPS) is 34.9. The van der Waals surface area contributed by atoms with Crippen molar-refractivity contribution in [3.8, 4) is 0 Å². The SMILES string of the molecule is C=C1[C@H](OC(C)=O)[C@@H](OC(C)=O)[C@@H](OC(C)=O)C(C)(C)/C=C/[C@H](C)C(=O)[C@@]2(O)C[C@@](C)(OC(=O)C(C)CC)[C@H](O)[C@@H]2[C@H]1OC(=O)C(C)CC. The minimum atomic E-state index is -2.51. The van der Waals surface area contributed by atoms with Crippen LogP contribution >= 0.6 is 0 Å². The van der Waals surface area contributed by atoms with Crippen LogP contribution in [0.1, 0.15) is 95.4 Å². The molecule has 276 valence electrons. The summed E-state index contributed by atoms with van der Waals surface area (Å²) in [7, 11) is 0. The van der Waals surface area contributed by atoms with Crippen molar-refractivity contribution in [1.29, 1.82) is 0 Å². The summed E-state index contributed by atoms with van der Waals surface area (Å²) in [6.45, 7) is 20.2. The van der Waals surface area contributed by atoms with Crippen LogP contribution in [0, 0.1) is 29.1 Å². The minimum absolute atomic E-state index is 0.295. The quantitative estimate of drug-likeness (QED) is 0.203. The fraction of sp³-hybridized carbons (Fsp3) is 0.722. The van der Waals surface area contributed by atoms with Gasteiger partial charge in [-0.15, -0.1) is 0 Å². The van der Waals surface area contributed by atoms with Crippen LogP contribution in [0.5, 0.6) is 0 Å². The van der Waals surface area contributed by atoms with E-state index < -0.39 is 113 Å². The maximum Gasteiger partial charge on any atom is 0.309 e. The number of allylic oxidation sites excluding steroid dienone is 1. The summed E-state index contributed by atoms with van der Waals surface area (Å²) in [6.07, 6.45) is -5.17. The number of ether oxygens (including phenoxy) is 5. The maximum absolute atomic E-state index is 14.4. The van der Waals surface area contributed by atoms with E-state index in [4.69, 9.17) is 23.7 Å². The lowest BCUT2D eigenvalue weighted by Gasteiger charge is -2.43. The fourth-order valence-corrected chi connectivity index (χ4v) is 6.41. The van der Waals surface area contributed by atoms with Gasteiger partial charge in [0, 0.05) is 44.1 Å². The number of carbonyl (C=O) groups is 6. The van der Waals surface area contributed by atoms with Gasteiger partial charge in [-0.1, -0.05) is 67.2 Å². The van der Waals surface area contributed by atoms with Crippen molar-refractivity contribution in [3.63, 3.8) is 0 Å². The Morgan fingerprint density at radius 3 is 1.88 bits per heavy atom. The Morgan fingerprint density at radius 2 is 1.39 bits per heavy atom. The number of carbonyl (C=O) groups excluding carboxylic acids is 6. The van der Waals surface area contributed by atoms with Gasteiger partial charge in [-0.05, 0) is 19.8 Å². The van der Waals surface area contributed by atoms with Crippen LogP contribution < -0.4 is 0 Å². The number of fused-ring (bicyclic) bond motifs is 1. The molecule has 0 amide bonds. The summed E-state index contributed by atoms with van der Waals surface area (Å²) in [5.74, 6) is -8.89. The van der Waals surface area contributed by atoms with Crippen LogP contribution in [0.25, 0.3) is 0 Å². The summed E-state index contributed by atoms with van der Waals surface area (Å²) in [5, 5.41) is 24.5. The zero-order valence-electron chi connectivity index (χ0n) is 30.6. The number of aliphatic hydroxyl groups is 2. The molecule has 49 heavy (non-hydrogen) atoms. The summed E-state index contributed by atoms with van der Waals surface area (Å²) in [6, 6.07) is 0. The van der Waals surface area contributed by atoms with E-state index >= 15 is 0 Å². The number of ketones is 1. The van der Waals surface area contributed by atoms with Crippen LogP contribution in [0.2, 0.25) is 0 Å². The highest BCUT2D eigenvalue weighted by molar-refractivity contribution is 5.92. The third kappa shape index (κ3) is 9.16. The first-order valence-electron chi connectivity index (χ1n) is 16.7. The molecule has 11 atom stereocenters. The lowest BCUT2D eigenvalue weighted by molar-refractivity contribution is -0.192. The molecule has 0 aliphatic heterocycles. The number of hydrogen-bond acceptors (Lipinski definition) is 13. The van der Waals surface area contributed by atoms with Crippen LogP contribution in [-0.2, 0) is 52.5 Å². The van der Waals surface area contributed by atoms with Crippen LogP contribution in [0.3, 0.4) is 0 Å². The molecule has 2 aliphatic carbocycles. The lowest BCUT2D eigenvalue weighted by Crippen LogP contribution is -2.58. The Labute approximate surface area is 288 Å². The molecule has 0 aromatic heterocycles. The molecule has 13 heteroatoms. The molecular formula is C36H54O13. The molecule has 2 aliphatic rings. The Hall–Kier alpha value is -3.58. The van der Waals surface area contributed by atoms with Crippen molar-refractivity contribution in [1.82, 2.24) is 0 Å². The summed E-state index contributed by atoms with van der Waals surface area (Å²) in [4.78, 5) is 78.7.